The summed E-state index contributed by atoms with van der Waals surface area (Å²) in [4.78, 5) is 17.0. The van der Waals surface area contributed by atoms with Gasteiger partial charge in [0.05, 0.1) is 17.5 Å². The second-order valence-electron chi connectivity index (χ2n) is 4.89. The van der Waals surface area contributed by atoms with Crippen molar-refractivity contribution < 1.29 is 4.42 Å². The molecule has 0 fully saturated rings. The third kappa shape index (κ3) is 2.53. The van der Waals surface area contributed by atoms with Crippen molar-refractivity contribution in [1.29, 1.82) is 5.26 Å². The number of fused-ring (bicyclic) bond motifs is 1. The summed E-state index contributed by atoms with van der Waals surface area (Å²) in [6.07, 6.45) is 3.09. The molecule has 0 unspecified atom stereocenters. The van der Waals surface area contributed by atoms with Crippen molar-refractivity contribution in [3.8, 4) is 17.5 Å². The van der Waals surface area contributed by atoms with E-state index in [0.29, 0.717) is 22.5 Å². The number of para-hydroxylation sites is 2. The molecule has 0 saturated heterocycles. The van der Waals surface area contributed by atoms with E-state index in [-0.39, 0.29) is 12.0 Å². The van der Waals surface area contributed by atoms with Crippen LogP contribution < -0.4 is 5.32 Å². The van der Waals surface area contributed by atoms with Gasteiger partial charge < -0.3 is 4.42 Å². The predicted octanol–water partition coefficient (Wildman–Crippen LogP) is 3.30. The zero-order valence-corrected chi connectivity index (χ0v) is 12.3. The molecule has 4 rings (SSSR count). The molecular weight excluding hydrogens is 304 g/mol. The first kappa shape index (κ1) is 13.8. The van der Waals surface area contributed by atoms with Crippen LogP contribution in [0.1, 0.15) is 5.56 Å². The van der Waals surface area contributed by atoms with Gasteiger partial charge >= 0.3 is 6.01 Å². The van der Waals surface area contributed by atoms with E-state index in [0.717, 1.165) is 5.52 Å². The molecule has 3 aromatic heterocycles. The minimum absolute atomic E-state index is 0.279. The van der Waals surface area contributed by atoms with Gasteiger partial charge in [0.15, 0.2) is 5.58 Å². The normalized spacial score (nSPS) is 10.5. The zero-order valence-electron chi connectivity index (χ0n) is 12.3. The van der Waals surface area contributed by atoms with Gasteiger partial charge in [0.1, 0.15) is 17.3 Å². The van der Waals surface area contributed by atoms with Crippen LogP contribution in [0.25, 0.3) is 22.5 Å². The highest BCUT2D eigenvalue weighted by molar-refractivity contribution is 5.74. The summed E-state index contributed by atoms with van der Waals surface area (Å²) in [5.74, 6) is 0.279. The average molecular weight is 314 g/mol. The van der Waals surface area contributed by atoms with Crippen LogP contribution in [0.4, 0.5) is 12.0 Å². The number of hydrogen-bond donors (Lipinski definition) is 1. The molecule has 3 heterocycles. The third-order valence-corrected chi connectivity index (χ3v) is 3.33. The van der Waals surface area contributed by atoms with Gasteiger partial charge in [-0.1, -0.05) is 18.2 Å². The Bertz CT molecular complexity index is 1020. The van der Waals surface area contributed by atoms with Crippen LogP contribution in [0.5, 0.6) is 0 Å². The van der Waals surface area contributed by atoms with Crippen molar-refractivity contribution in [3.05, 3.63) is 60.4 Å². The number of hydrogen-bond acceptors (Lipinski definition) is 7. The van der Waals surface area contributed by atoms with Crippen LogP contribution >= 0.6 is 0 Å². The van der Waals surface area contributed by atoms with Crippen molar-refractivity contribution in [3.63, 3.8) is 0 Å². The van der Waals surface area contributed by atoms with Gasteiger partial charge in [-0.3, -0.25) is 10.3 Å². The molecule has 0 spiro atoms. The summed E-state index contributed by atoms with van der Waals surface area (Å²) in [7, 11) is 0. The largest absolute Gasteiger partial charge is 0.423 e. The second kappa shape index (κ2) is 5.78. The van der Waals surface area contributed by atoms with Gasteiger partial charge in [0, 0.05) is 6.20 Å². The van der Waals surface area contributed by atoms with Crippen molar-refractivity contribution in [2.75, 3.05) is 5.32 Å². The molecule has 0 aliphatic rings. The Kier molecular flexibility index (Phi) is 3.33. The van der Waals surface area contributed by atoms with E-state index in [2.05, 4.69) is 31.3 Å². The van der Waals surface area contributed by atoms with Gasteiger partial charge in [-0.15, -0.1) is 0 Å². The number of nitrogens with zero attached hydrogens (tertiary/aromatic N) is 5. The van der Waals surface area contributed by atoms with Gasteiger partial charge in [-0.2, -0.15) is 10.2 Å². The topological polar surface area (TPSA) is 101 Å². The van der Waals surface area contributed by atoms with E-state index in [4.69, 9.17) is 4.42 Å². The molecular formula is C17H10N6O. The Hall–Kier alpha value is -3.79. The average Bonchev–Trinajstić information content (AvgIpc) is 3.04. The van der Waals surface area contributed by atoms with E-state index < -0.39 is 0 Å². The van der Waals surface area contributed by atoms with Crippen LogP contribution in [0.3, 0.4) is 0 Å². The van der Waals surface area contributed by atoms with Gasteiger partial charge in [0.25, 0.3) is 0 Å². The first-order valence-electron chi connectivity index (χ1n) is 7.14. The first-order chi connectivity index (χ1) is 11.8. The van der Waals surface area contributed by atoms with Crippen LogP contribution in [0, 0.1) is 11.3 Å². The lowest BCUT2D eigenvalue weighted by atomic mass is 10.2. The van der Waals surface area contributed by atoms with E-state index >= 15 is 0 Å². The van der Waals surface area contributed by atoms with Crippen LogP contribution in [0.2, 0.25) is 0 Å². The van der Waals surface area contributed by atoms with Crippen LogP contribution in [-0.4, -0.2) is 19.9 Å². The molecule has 7 heteroatoms. The summed E-state index contributed by atoms with van der Waals surface area (Å²) < 4.78 is 5.59. The number of nitriles is 1. The highest BCUT2D eigenvalue weighted by atomic mass is 16.4. The quantitative estimate of drug-likeness (QED) is 0.619. The van der Waals surface area contributed by atoms with Crippen molar-refractivity contribution >= 4 is 23.1 Å². The molecule has 114 valence electrons. The molecule has 1 N–H and O–H groups in total. The number of nitrogens with one attached hydrogen (secondary N) is 1. The third-order valence-electron chi connectivity index (χ3n) is 3.33. The molecule has 1 aromatic carbocycles. The maximum Gasteiger partial charge on any atom is 0.302 e. The number of rotatable bonds is 3. The van der Waals surface area contributed by atoms with Gasteiger partial charge in [-0.05, 0) is 24.3 Å². The fourth-order valence-electron chi connectivity index (χ4n) is 2.24. The standard InChI is InChI=1S/C17H10N6O/c18-9-11-10-20-16(22-15(11)13-6-3-4-8-19-13)23-17-21-12-5-1-2-7-14(12)24-17/h1-8,10H,(H,20,21,22,23). The molecule has 0 radical (unpaired) electrons. The summed E-state index contributed by atoms with van der Waals surface area (Å²) in [5.41, 5.74) is 2.79. The molecule has 4 aromatic rings. The lowest BCUT2D eigenvalue weighted by molar-refractivity contribution is 0.621. The first-order valence-corrected chi connectivity index (χ1v) is 7.14. The van der Waals surface area contributed by atoms with Crippen molar-refractivity contribution in [2.24, 2.45) is 0 Å². The lowest BCUT2D eigenvalue weighted by Gasteiger charge is -2.05. The van der Waals surface area contributed by atoms with E-state index in [1.54, 1.807) is 18.3 Å². The van der Waals surface area contributed by atoms with Crippen molar-refractivity contribution in [2.45, 2.75) is 0 Å². The smallest absolute Gasteiger partial charge is 0.302 e. The Morgan fingerprint density at radius 3 is 2.67 bits per heavy atom. The summed E-state index contributed by atoms with van der Waals surface area (Å²) in [6, 6.07) is 15.2. The Morgan fingerprint density at radius 2 is 1.88 bits per heavy atom. The van der Waals surface area contributed by atoms with E-state index in [1.807, 2.05) is 30.3 Å². The molecule has 24 heavy (non-hydrogen) atoms. The van der Waals surface area contributed by atoms with E-state index in [9.17, 15) is 5.26 Å². The maximum absolute atomic E-state index is 9.25. The summed E-state index contributed by atoms with van der Waals surface area (Å²) in [6.45, 7) is 0. The molecule has 0 atom stereocenters. The monoisotopic (exact) mass is 314 g/mol. The Morgan fingerprint density at radius 1 is 1.00 bits per heavy atom. The molecule has 7 nitrogen and oxygen atoms in total. The highest BCUT2D eigenvalue weighted by Gasteiger charge is 2.12. The zero-order chi connectivity index (χ0) is 16.4. The molecule has 0 bridgehead atoms. The van der Waals surface area contributed by atoms with E-state index in [1.165, 1.54) is 6.20 Å². The van der Waals surface area contributed by atoms with Crippen LogP contribution in [-0.2, 0) is 0 Å². The minimum atomic E-state index is 0.279. The summed E-state index contributed by atoms with van der Waals surface area (Å²) >= 11 is 0. The fraction of sp³-hybridized carbons (Fsp3) is 0. The Labute approximate surface area is 136 Å². The SMILES string of the molecule is N#Cc1cnc(Nc2nc3ccccc3o2)nc1-c1ccccn1. The van der Waals surface area contributed by atoms with Gasteiger partial charge in [0.2, 0.25) is 5.95 Å². The molecule has 0 aliphatic carbocycles. The van der Waals surface area contributed by atoms with Gasteiger partial charge in [-0.25, -0.2) is 9.97 Å². The fourth-order valence-corrected chi connectivity index (χ4v) is 2.24. The van der Waals surface area contributed by atoms with Crippen LogP contribution in [0.15, 0.2) is 59.3 Å². The van der Waals surface area contributed by atoms with Crippen molar-refractivity contribution in [1.82, 2.24) is 19.9 Å². The lowest BCUT2D eigenvalue weighted by Crippen LogP contribution is -2.01. The highest BCUT2D eigenvalue weighted by Crippen LogP contribution is 2.23. The maximum atomic E-state index is 9.25. The second-order valence-corrected chi connectivity index (χ2v) is 4.89. The number of pyridine rings is 1. The molecule has 0 aliphatic heterocycles. The molecule has 0 amide bonds. The molecule has 0 saturated carbocycles. The number of oxazole rings is 1. The predicted molar refractivity (Wildman–Crippen MR) is 87.3 cm³/mol. The number of benzene rings is 1. The number of aromatic nitrogens is 4. The number of anilines is 2. The minimum Gasteiger partial charge on any atom is -0.423 e. The Balaban J connectivity index is 1.72. The summed E-state index contributed by atoms with van der Waals surface area (Å²) in [5, 5.41) is 12.2.